The Morgan fingerprint density at radius 1 is 1.29 bits per heavy atom. The molecule has 0 spiro atoms. The highest BCUT2D eigenvalue weighted by atomic mass is 19.1. The third kappa shape index (κ3) is 3.82. The van der Waals surface area contributed by atoms with E-state index in [1.165, 1.54) is 12.1 Å². The molecule has 0 amide bonds. The maximum atomic E-state index is 13.2. The van der Waals surface area contributed by atoms with Gasteiger partial charge in [-0.05, 0) is 44.0 Å². The van der Waals surface area contributed by atoms with E-state index in [0.29, 0.717) is 0 Å². The van der Waals surface area contributed by atoms with Crippen molar-refractivity contribution in [2.45, 2.75) is 63.3 Å². The molecule has 0 saturated heterocycles. The summed E-state index contributed by atoms with van der Waals surface area (Å²) in [6, 6.07) is 6.68. The van der Waals surface area contributed by atoms with E-state index < -0.39 is 0 Å². The van der Waals surface area contributed by atoms with Crippen LogP contribution in [0.1, 0.15) is 50.6 Å². The SMILES string of the molecule is CCC(N)C(c1ccc(F)cc1)N(C)C1CCCCC1O. The molecule has 4 heteroatoms. The standard InChI is InChI=1S/C17H27FN2O/c1-3-14(19)17(12-8-10-13(18)11-9-12)20(2)15-6-4-5-7-16(15)21/h8-11,14-17,21H,3-7,19H2,1-2H3. The van der Waals surface area contributed by atoms with E-state index in [2.05, 4.69) is 11.8 Å². The Hall–Kier alpha value is -0.970. The molecule has 1 aromatic rings. The van der Waals surface area contributed by atoms with E-state index in [1.807, 2.05) is 7.05 Å². The molecule has 21 heavy (non-hydrogen) atoms. The van der Waals surface area contributed by atoms with Gasteiger partial charge in [0.25, 0.3) is 0 Å². The largest absolute Gasteiger partial charge is 0.391 e. The molecular formula is C17H27FN2O. The minimum atomic E-state index is -0.296. The number of hydrogen-bond acceptors (Lipinski definition) is 3. The van der Waals surface area contributed by atoms with Crippen molar-refractivity contribution in [2.75, 3.05) is 7.05 Å². The van der Waals surface area contributed by atoms with Crippen LogP contribution in [0.4, 0.5) is 4.39 Å². The monoisotopic (exact) mass is 294 g/mol. The number of halogens is 1. The quantitative estimate of drug-likeness (QED) is 0.878. The first-order valence-electron chi connectivity index (χ1n) is 7.95. The molecule has 3 N–H and O–H groups in total. The lowest BCUT2D eigenvalue weighted by atomic mass is 9.88. The molecular weight excluding hydrogens is 267 g/mol. The zero-order chi connectivity index (χ0) is 15.4. The van der Waals surface area contributed by atoms with Crippen molar-refractivity contribution in [1.82, 2.24) is 4.90 Å². The van der Waals surface area contributed by atoms with Crippen molar-refractivity contribution < 1.29 is 9.50 Å². The van der Waals surface area contributed by atoms with E-state index in [9.17, 15) is 9.50 Å². The minimum Gasteiger partial charge on any atom is -0.391 e. The number of likely N-dealkylation sites (N-methyl/N-ethyl adjacent to an activating group) is 1. The molecule has 0 aliphatic heterocycles. The smallest absolute Gasteiger partial charge is 0.123 e. The first-order chi connectivity index (χ1) is 10.0. The summed E-state index contributed by atoms with van der Waals surface area (Å²) in [6.07, 6.45) is 4.62. The van der Waals surface area contributed by atoms with Crippen molar-refractivity contribution in [3.05, 3.63) is 35.6 Å². The second kappa shape index (κ2) is 7.34. The van der Waals surface area contributed by atoms with Gasteiger partial charge in [0.15, 0.2) is 0 Å². The Labute approximate surface area is 126 Å². The Balaban J connectivity index is 2.24. The number of benzene rings is 1. The molecule has 4 unspecified atom stereocenters. The highest BCUT2D eigenvalue weighted by molar-refractivity contribution is 5.22. The van der Waals surface area contributed by atoms with E-state index >= 15 is 0 Å². The van der Waals surface area contributed by atoms with Gasteiger partial charge in [0.05, 0.1) is 6.10 Å². The number of nitrogens with zero attached hydrogens (tertiary/aromatic N) is 1. The van der Waals surface area contributed by atoms with Gasteiger partial charge in [-0.15, -0.1) is 0 Å². The van der Waals surface area contributed by atoms with Crippen LogP contribution in [0.2, 0.25) is 0 Å². The van der Waals surface area contributed by atoms with E-state index in [0.717, 1.165) is 37.7 Å². The lowest BCUT2D eigenvalue weighted by molar-refractivity contribution is 0.00643. The van der Waals surface area contributed by atoms with Gasteiger partial charge >= 0.3 is 0 Å². The average molecular weight is 294 g/mol. The van der Waals surface area contributed by atoms with Gasteiger partial charge in [0, 0.05) is 18.1 Å². The summed E-state index contributed by atoms with van der Waals surface area (Å²) in [5.41, 5.74) is 7.34. The lowest BCUT2D eigenvalue weighted by Crippen LogP contribution is -2.49. The average Bonchev–Trinajstić information content (AvgIpc) is 2.49. The number of nitrogens with two attached hydrogens (primary N) is 1. The molecule has 1 aliphatic rings. The molecule has 0 aromatic heterocycles. The summed E-state index contributed by atoms with van der Waals surface area (Å²) in [4.78, 5) is 2.20. The highest BCUT2D eigenvalue weighted by Gasteiger charge is 2.33. The number of hydrogen-bond donors (Lipinski definition) is 2. The first kappa shape index (κ1) is 16.4. The van der Waals surface area contributed by atoms with E-state index in [1.54, 1.807) is 12.1 Å². The van der Waals surface area contributed by atoms with Crippen molar-refractivity contribution in [3.63, 3.8) is 0 Å². The first-order valence-corrected chi connectivity index (χ1v) is 7.95. The molecule has 0 heterocycles. The van der Waals surface area contributed by atoms with Crippen molar-refractivity contribution in [2.24, 2.45) is 5.73 Å². The van der Waals surface area contributed by atoms with Gasteiger partial charge < -0.3 is 10.8 Å². The Morgan fingerprint density at radius 3 is 2.48 bits per heavy atom. The lowest BCUT2D eigenvalue weighted by Gasteiger charge is -2.42. The van der Waals surface area contributed by atoms with Crippen LogP contribution < -0.4 is 5.73 Å². The van der Waals surface area contributed by atoms with Gasteiger partial charge in [-0.1, -0.05) is 31.9 Å². The van der Waals surface area contributed by atoms with Gasteiger partial charge in [0.2, 0.25) is 0 Å². The Kier molecular flexibility index (Phi) is 5.73. The molecule has 3 nitrogen and oxygen atoms in total. The van der Waals surface area contributed by atoms with Crippen LogP contribution in [0.3, 0.4) is 0 Å². The van der Waals surface area contributed by atoms with Gasteiger partial charge in [-0.2, -0.15) is 0 Å². The summed E-state index contributed by atoms with van der Waals surface area (Å²) < 4.78 is 13.2. The van der Waals surface area contributed by atoms with Crippen molar-refractivity contribution >= 4 is 0 Å². The molecule has 1 saturated carbocycles. The zero-order valence-corrected chi connectivity index (χ0v) is 13.0. The van der Waals surface area contributed by atoms with E-state index in [4.69, 9.17) is 5.73 Å². The second-order valence-corrected chi connectivity index (χ2v) is 6.15. The fourth-order valence-electron chi connectivity index (χ4n) is 3.44. The summed E-state index contributed by atoms with van der Waals surface area (Å²) >= 11 is 0. The van der Waals surface area contributed by atoms with Crippen LogP contribution in [-0.4, -0.2) is 35.2 Å². The molecule has 1 aromatic carbocycles. The van der Waals surface area contributed by atoms with Crippen molar-refractivity contribution in [1.29, 1.82) is 0 Å². The fourth-order valence-corrected chi connectivity index (χ4v) is 3.44. The maximum absolute atomic E-state index is 13.2. The van der Waals surface area contributed by atoms with Crippen molar-refractivity contribution in [3.8, 4) is 0 Å². The maximum Gasteiger partial charge on any atom is 0.123 e. The number of aliphatic hydroxyl groups excluding tert-OH is 1. The second-order valence-electron chi connectivity index (χ2n) is 6.15. The summed E-state index contributed by atoms with van der Waals surface area (Å²) in [7, 11) is 2.03. The molecule has 1 fully saturated rings. The van der Waals surface area contributed by atoms with Crippen LogP contribution in [0.15, 0.2) is 24.3 Å². The zero-order valence-electron chi connectivity index (χ0n) is 13.0. The van der Waals surface area contributed by atoms with E-state index in [-0.39, 0.29) is 30.0 Å². The molecule has 4 atom stereocenters. The Bertz CT molecular complexity index is 437. The third-order valence-corrected chi connectivity index (χ3v) is 4.74. The highest BCUT2D eigenvalue weighted by Crippen LogP contribution is 2.31. The molecule has 1 aliphatic carbocycles. The predicted octanol–water partition coefficient (Wildman–Crippen LogP) is 2.84. The fraction of sp³-hybridized carbons (Fsp3) is 0.647. The number of aliphatic hydroxyl groups is 1. The topological polar surface area (TPSA) is 49.5 Å². The Morgan fingerprint density at radius 2 is 1.90 bits per heavy atom. The number of rotatable bonds is 5. The summed E-state index contributed by atoms with van der Waals surface area (Å²) in [5, 5.41) is 10.3. The van der Waals surface area contributed by atoms with Crippen LogP contribution in [0.25, 0.3) is 0 Å². The van der Waals surface area contributed by atoms with Crippen LogP contribution in [0, 0.1) is 5.82 Å². The van der Waals surface area contributed by atoms with Gasteiger partial charge in [-0.25, -0.2) is 4.39 Å². The summed E-state index contributed by atoms with van der Waals surface area (Å²) in [5.74, 6) is -0.233. The van der Waals surface area contributed by atoms with Gasteiger partial charge in [0.1, 0.15) is 5.82 Å². The van der Waals surface area contributed by atoms with Gasteiger partial charge in [-0.3, -0.25) is 4.90 Å². The third-order valence-electron chi connectivity index (χ3n) is 4.74. The molecule has 0 radical (unpaired) electrons. The van der Waals surface area contributed by atoms with Crippen LogP contribution in [0.5, 0.6) is 0 Å². The molecule has 118 valence electrons. The minimum absolute atomic E-state index is 0.00773. The normalized spacial score (nSPS) is 25.8. The molecule has 2 rings (SSSR count). The summed E-state index contributed by atoms with van der Waals surface area (Å²) in [6.45, 7) is 2.06. The molecule has 0 bridgehead atoms. The van der Waals surface area contributed by atoms with Crippen LogP contribution >= 0.6 is 0 Å². The predicted molar refractivity (Wildman–Crippen MR) is 83.4 cm³/mol. The van der Waals surface area contributed by atoms with Crippen LogP contribution in [-0.2, 0) is 0 Å².